The summed E-state index contributed by atoms with van der Waals surface area (Å²) >= 11 is 0. The topological polar surface area (TPSA) is 82.7 Å². The van der Waals surface area contributed by atoms with Gasteiger partial charge in [0.2, 0.25) is 5.76 Å². The Morgan fingerprint density at radius 1 is 1.08 bits per heavy atom. The number of nitrogens with zero attached hydrogens (tertiary/aromatic N) is 1. The second-order valence-electron chi connectivity index (χ2n) is 5.55. The zero-order valence-electron chi connectivity index (χ0n) is 12.8. The van der Waals surface area contributed by atoms with Gasteiger partial charge in [-0.05, 0) is 34.7 Å². The molecule has 0 saturated carbocycles. The maximum absolute atomic E-state index is 10.7. The number of benzene rings is 2. The summed E-state index contributed by atoms with van der Waals surface area (Å²) in [5.74, 6) is -2.34. The van der Waals surface area contributed by atoms with Crippen LogP contribution in [0.5, 0.6) is 0 Å². The molecular formula is C19H17NO4. The lowest BCUT2D eigenvalue weighted by Crippen LogP contribution is -2.03. The maximum Gasteiger partial charge on any atom is 0.370 e. The van der Waals surface area contributed by atoms with Crippen LogP contribution in [-0.2, 0) is 11.3 Å². The quantitative estimate of drug-likeness (QED) is 0.497. The van der Waals surface area contributed by atoms with Gasteiger partial charge in [-0.25, -0.2) is 4.79 Å². The van der Waals surface area contributed by atoms with Crippen molar-refractivity contribution in [2.24, 2.45) is 0 Å². The Bertz CT molecular complexity index is 896. The second-order valence-corrected chi connectivity index (χ2v) is 5.55. The molecule has 5 nitrogen and oxygen atoms in total. The molecule has 0 saturated heterocycles. The molecule has 0 aliphatic carbocycles. The van der Waals surface area contributed by atoms with Crippen molar-refractivity contribution < 1.29 is 20.1 Å². The number of rotatable bonds is 5. The molecule has 0 aliphatic rings. The van der Waals surface area contributed by atoms with Crippen molar-refractivity contribution >= 4 is 16.9 Å². The summed E-state index contributed by atoms with van der Waals surface area (Å²) in [5.41, 5.74) is 2.60. The highest BCUT2D eigenvalue weighted by Gasteiger charge is 2.12. The van der Waals surface area contributed by atoms with Crippen LogP contribution in [0.25, 0.3) is 10.9 Å². The van der Waals surface area contributed by atoms with Gasteiger partial charge in [-0.15, -0.1) is 0 Å². The fourth-order valence-corrected chi connectivity index (χ4v) is 2.62. The Morgan fingerprint density at radius 3 is 2.54 bits per heavy atom. The third-order valence-corrected chi connectivity index (χ3v) is 3.87. The van der Waals surface area contributed by atoms with Crippen LogP contribution in [0, 0.1) is 0 Å². The molecule has 122 valence electrons. The van der Waals surface area contributed by atoms with Gasteiger partial charge < -0.3 is 19.9 Å². The van der Waals surface area contributed by atoms with Gasteiger partial charge in [0.25, 0.3) is 0 Å². The fraction of sp³-hybridized carbons (Fsp3) is 0.105. The van der Waals surface area contributed by atoms with E-state index in [0.29, 0.717) is 12.1 Å². The number of aromatic nitrogens is 1. The summed E-state index contributed by atoms with van der Waals surface area (Å²) in [5, 5.41) is 29.1. The molecule has 0 fully saturated rings. The van der Waals surface area contributed by atoms with Crippen LogP contribution >= 0.6 is 0 Å². The third kappa shape index (κ3) is 3.31. The predicted octanol–water partition coefficient (Wildman–Crippen LogP) is 3.25. The summed E-state index contributed by atoms with van der Waals surface area (Å²) in [6.45, 7) is 0.695. The van der Waals surface area contributed by atoms with Crippen molar-refractivity contribution in [2.75, 3.05) is 0 Å². The van der Waals surface area contributed by atoms with E-state index in [1.807, 2.05) is 48.7 Å². The van der Waals surface area contributed by atoms with E-state index in [2.05, 4.69) is 4.57 Å². The summed E-state index contributed by atoms with van der Waals surface area (Å²) in [7, 11) is 0. The van der Waals surface area contributed by atoms with Gasteiger partial charge in [-0.3, -0.25) is 0 Å². The number of fused-ring (bicyclic) bond motifs is 1. The Morgan fingerprint density at radius 2 is 1.83 bits per heavy atom. The molecule has 2 aromatic carbocycles. The molecule has 0 radical (unpaired) electrons. The van der Waals surface area contributed by atoms with Gasteiger partial charge in [-0.1, -0.05) is 42.5 Å². The summed E-state index contributed by atoms with van der Waals surface area (Å²) in [6.07, 6.45) is 1.69. The first-order valence-electron chi connectivity index (χ1n) is 7.49. The predicted molar refractivity (Wildman–Crippen MR) is 90.8 cm³/mol. The third-order valence-electron chi connectivity index (χ3n) is 3.87. The minimum absolute atomic E-state index is 0.517. The SMILES string of the molecule is O=C(O)/C(O)=C\C(O)c1ccc2ccn(Cc3ccccc3)c2c1. The van der Waals surface area contributed by atoms with Gasteiger partial charge in [-0.2, -0.15) is 0 Å². The van der Waals surface area contributed by atoms with Gasteiger partial charge in [0, 0.05) is 18.3 Å². The second kappa shape index (κ2) is 6.60. The smallest absolute Gasteiger partial charge is 0.370 e. The first-order chi connectivity index (χ1) is 11.5. The molecule has 1 atom stereocenters. The van der Waals surface area contributed by atoms with E-state index >= 15 is 0 Å². The molecule has 24 heavy (non-hydrogen) atoms. The normalized spacial score (nSPS) is 13.1. The lowest BCUT2D eigenvalue weighted by atomic mass is 10.1. The lowest BCUT2D eigenvalue weighted by molar-refractivity contribution is -0.135. The van der Waals surface area contributed by atoms with Gasteiger partial charge >= 0.3 is 5.97 Å². The van der Waals surface area contributed by atoms with Gasteiger partial charge in [0.1, 0.15) is 6.10 Å². The molecule has 1 heterocycles. The molecule has 1 unspecified atom stereocenters. The number of aliphatic hydroxyl groups is 2. The van der Waals surface area contributed by atoms with Crippen LogP contribution in [0.2, 0.25) is 0 Å². The first-order valence-corrected chi connectivity index (χ1v) is 7.49. The van der Waals surface area contributed by atoms with Crippen molar-refractivity contribution in [2.45, 2.75) is 12.6 Å². The van der Waals surface area contributed by atoms with E-state index in [9.17, 15) is 15.0 Å². The average Bonchev–Trinajstić information content (AvgIpc) is 2.98. The Balaban J connectivity index is 1.94. The fourth-order valence-electron chi connectivity index (χ4n) is 2.62. The van der Waals surface area contributed by atoms with Crippen molar-refractivity contribution in [1.29, 1.82) is 0 Å². The Kier molecular flexibility index (Phi) is 4.35. The highest BCUT2D eigenvalue weighted by Crippen LogP contribution is 2.23. The monoisotopic (exact) mass is 323 g/mol. The van der Waals surface area contributed by atoms with Crippen LogP contribution in [-0.4, -0.2) is 25.9 Å². The first kappa shape index (κ1) is 15.8. The summed E-state index contributed by atoms with van der Waals surface area (Å²) in [6, 6.07) is 17.4. The lowest BCUT2D eigenvalue weighted by Gasteiger charge is -2.10. The van der Waals surface area contributed by atoms with E-state index in [4.69, 9.17) is 5.11 Å². The van der Waals surface area contributed by atoms with Crippen LogP contribution < -0.4 is 0 Å². The van der Waals surface area contributed by atoms with Crippen molar-refractivity contribution in [3.05, 3.63) is 83.8 Å². The largest absolute Gasteiger partial charge is 0.502 e. The van der Waals surface area contributed by atoms with E-state index in [-0.39, 0.29) is 0 Å². The van der Waals surface area contributed by atoms with Gasteiger partial charge in [0.05, 0.1) is 0 Å². The molecule has 0 bridgehead atoms. The van der Waals surface area contributed by atoms with E-state index < -0.39 is 17.8 Å². The van der Waals surface area contributed by atoms with Crippen molar-refractivity contribution in [3.63, 3.8) is 0 Å². The molecule has 5 heteroatoms. The molecule has 0 aliphatic heterocycles. The highest BCUT2D eigenvalue weighted by atomic mass is 16.4. The highest BCUT2D eigenvalue weighted by molar-refractivity contribution is 5.84. The molecule has 1 aromatic heterocycles. The number of carboxylic acids is 1. The van der Waals surface area contributed by atoms with E-state index in [1.54, 1.807) is 12.1 Å². The summed E-state index contributed by atoms with van der Waals surface area (Å²) < 4.78 is 2.06. The molecule has 0 amide bonds. The van der Waals surface area contributed by atoms with Crippen LogP contribution in [0.3, 0.4) is 0 Å². The molecule has 3 rings (SSSR count). The maximum atomic E-state index is 10.7. The number of hydrogen-bond acceptors (Lipinski definition) is 3. The standard InChI is InChI=1S/C19H17NO4/c21-17(11-18(22)19(23)24)15-7-6-14-8-9-20(16(14)10-15)12-13-4-2-1-3-5-13/h1-11,17,21-22H,12H2,(H,23,24)/b18-11+. The zero-order chi connectivity index (χ0) is 17.1. The molecule has 3 aromatic rings. The Hall–Kier alpha value is -3.05. The van der Waals surface area contributed by atoms with Crippen LogP contribution in [0.4, 0.5) is 0 Å². The van der Waals surface area contributed by atoms with Crippen LogP contribution in [0.1, 0.15) is 17.2 Å². The number of carboxylic acid groups (broad SMARTS) is 1. The summed E-state index contributed by atoms with van der Waals surface area (Å²) in [4.78, 5) is 10.7. The molecular weight excluding hydrogens is 306 g/mol. The van der Waals surface area contributed by atoms with E-state index in [0.717, 1.165) is 22.5 Å². The minimum atomic E-state index is -1.47. The Labute approximate surface area is 138 Å². The van der Waals surface area contributed by atoms with Crippen LogP contribution in [0.15, 0.2) is 72.6 Å². The number of aliphatic carboxylic acids is 1. The minimum Gasteiger partial charge on any atom is -0.502 e. The molecule has 0 spiro atoms. The van der Waals surface area contributed by atoms with Gasteiger partial charge in [0.15, 0.2) is 0 Å². The van der Waals surface area contributed by atoms with E-state index in [1.165, 1.54) is 0 Å². The van der Waals surface area contributed by atoms with Crippen molar-refractivity contribution in [3.8, 4) is 0 Å². The van der Waals surface area contributed by atoms with Crippen molar-refractivity contribution in [1.82, 2.24) is 4.57 Å². The number of aliphatic hydroxyl groups excluding tert-OH is 2. The molecule has 3 N–H and O–H groups in total. The number of hydrogen-bond donors (Lipinski definition) is 3. The average molecular weight is 323 g/mol. The zero-order valence-corrected chi connectivity index (χ0v) is 12.8. The number of carbonyl (C=O) groups is 1.